The fourth-order valence-corrected chi connectivity index (χ4v) is 1.46. The predicted molar refractivity (Wildman–Crippen MR) is 51.4 cm³/mol. The molecule has 1 rings (SSSR count). The molecule has 5 nitrogen and oxygen atoms in total. The van der Waals surface area contributed by atoms with Crippen LogP contribution in [0.5, 0.6) is 0 Å². The molecule has 15 heavy (non-hydrogen) atoms. The van der Waals surface area contributed by atoms with E-state index in [1.54, 1.807) is 0 Å². The first-order valence-electron chi connectivity index (χ1n) is 3.79. The van der Waals surface area contributed by atoms with Gasteiger partial charge in [-0.05, 0) is 16.0 Å². The highest BCUT2D eigenvalue weighted by Crippen LogP contribution is 2.30. The Labute approximate surface area is 91.6 Å². The van der Waals surface area contributed by atoms with E-state index in [0.717, 1.165) is 6.07 Å². The van der Waals surface area contributed by atoms with Crippen molar-refractivity contribution in [3.63, 3.8) is 0 Å². The molecule has 82 valence electrons. The molecular weight excluding hydrogens is 276 g/mol. The Kier molecular flexibility index (Phi) is 3.64. The molecule has 0 aliphatic heterocycles. The summed E-state index contributed by atoms with van der Waals surface area (Å²) in [7, 11) is 0. The molecule has 0 unspecified atom stereocenters. The van der Waals surface area contributed by atoms with Crippen molar-refractivity contribution in [1.29, 1.82) is 0 Å². The van der Waals surface area contributed by atoms with E-state index in [-0.39, 0.29) is 16.7 Å². The first-order chi connectivity index (χ1) is 6.97. The summed E-state index contributed by atoms with van der Waals surface area (Å²) in [6.45, 7) is -0.212. The van der Waals surface area contributed by atoms with E-state index in [9.17, 15) is 18.9 Å². The molecule has 1 aromatic rings. The van der Waals surface area contributed by atoms with Crippen LogP contribution in [0.2, 0.25) is 0 Å². The second kappa shape index (κ2) is 4.58. The molecule has 0 aliphatic carbocycles. The van der Waals surface area contributed by atoms with Crippen molar-refractivity contribution in [2.75, 3.05) is 0 Å². The SMILES string of the molecule is NCc1cc(C(F)F)c(Br)nc1[N+](=O)[O-]. The van der Waals surface area contributed by atoms with E-state index in [1.807, 2.05) is 0 Å². The number of hydrogen-bond donors (Lipinski definition) is 1. The van der Waals surface area contributed by atoms with Gasteiger partial charge >= 0.3 is 5.82 Å². The molecule has 0 aliphatic rings. The largest absolute Gasteiger partial charge is 0.369 e. The van der Waals surface area contributed by atoms with Crippen LogP contribution in [-0.4, -0.2) is 9.91 Å². The van der Waals surface area contributed by atoms with Crippen molar-refractivity contribution >= 4 is 21.7 Å². The molecule has 0 bridgehead atoms. The smallest absolute Gasteiger partial charge is 0.358 e. The maximum atomic E-state index is 12.4. The van der Waals surface area contributed by atoms with Gasteiger partial charge < -0.3 is 15.8 Å². The molecular formula is C7H6BrF2N3O2. The van der Waals surface area contributed by atoms with Crippen LogP contribution in [0.15, 0.2) is 10.7 Å². The molecule has 0 saturated heterocycles. The summed E-state index contributed by atoms with van der Waals surface area (Å²) >= 11 is 2.74. The minimum absolute atomic E-state index is 0.0153. The average molecular weight is 282 g/mol. The molecule has 0 fully saturated rings. The number of alkyl halides is 2. The molecule has 1 aromatic heterocycles. The van der Waals surface area contributed by atoms with Gasteiger partial charge in [0, 0.05) is 22.5 Å². The molecule has 0 saturated carbocycles. The molecule has 2 N–H and O–H groups in total. The Bertz CT molecular complexity index is 400. The van der Waals surface area contributed by atoms with E-state index in [4.69, 9.17) is 5.73 Å². The Morgan fingerprint density at radius 2 is 2.27 bits per heavy atom. The van der Waals surface area contributed by atoms with Gasteiger partial charge in [-0.25, -0.2) is 8.78 Å². The first-order valence-corrected chi connectivity index (χ1v) is 4.58. The third kappa shape index (κ3) is 2.45. The van der Waals surface area contributed by atoms with E-state index >= 15 is 0 Å². The van der Waals surface area contributed by atoms with E-state index in [2.05, 4.69) is 20.9 Å². The number of halogens is 3. The fourth-order valence-electron chi connectivity index (χ4n) is 1.00. The summed E-state index contributed by atoms with van der Waals surface area (Å²) < 4.78 is 24.6. The standard InChI is InChI=1S/C7H6BrF2N3O2/c8-5-4(6(9)10)1-3(2-11)7(12-5)13(14)15/h1,6H,2,11H2. The van der Waals surface area contributed by atoms with Crippen molar-refractivity contribution in [3.05, 3.63) is 31.9 Å². The van der Waals surface area contributed by atoms with Crippen molar-refractivity contribution in [2.24, 2.45) is 5.73 Å². The summed E-state index contributed by atoms with van der Waals surface area (Å²) in [5.74, 6) is -0.506. The monoisotopic (exact) mass is 281 g/mol. The molecule has 0 spiro atoms. The Morgan fingerprint density at radius 3 is 2.67 bits per heavy atom. The summed E-state index contributed by atoms with van der Waals surface area (Å²) in [6, 6.07) is 0.986. The number of nitrogens with two attached hydrogens (primary N) is 1. The lowest BCUT2D eigenvalue weighted by molar-refractivity contribution is -0.390. The predicted octanol–water partition coefficient (Wildman–Crippen LogP) is 2.15. The molecule has 1 heterocycles. The van der Waals surface area contributed by atoms with Crippen LogP contribution in [0.4, 0.5) is 14.6 Å². The fraction of sp³-hybridized carbons (Fsp3) is 0.286. The summed E-state index contributed by atoms with van der Waals surface area (Å²) in [5.41, 5.74) is 4.79. The number of pyridine rings is 1. The lowest BCUT2D eigenvalue weighted by Gasteiger charge is -2.03. The van der Waals surface area contributed by atoms with E-state index < -0.39 is 22.7 Å². The van der Waals surface area contributed by atoms with Crippen LogP contribution < -0.4 is 5.73 Å². The minimum Gasteiger partial charge on any atom is -0.358 e. The van der Waals surface area contributed by atoms with Gasteiger partial charge in [0.1, 0.15) is 0 Å². The summed E-state index contributed by atoms with van der Waals surface area (Å²) in [5, 5.41) is 10.5. The van der Waals surface area contributed by atoms with E-state index in [1.165, 1.54) is 0 Å². The Balaban J connectivity index is 3.35. The lowest BCUT2D eigenvalue weighted by Crippen LogP contribution is -2.06. The normalized spacial score (nSPS) is 10.7. The highest BCUT2D eigenvalue weighted by molar-refractivity contribution is 9.10. The molecule has 0 atom stereocenters. The number of nitrogens with zero attached hydrogens (tertiary/aromatic N) is 2. The van der Waals surface area contributed by atoms with Crippen LogP contribution in [-0.2, 0) is 6.54 Å². The highest BCUT2D eigenvalue weighted by atomic mass is 79.9. The lowest BCUT2D eigenvalue weighted by atomic mass is 10.2. The molecule has 8 heteroatoms. The first kappa shape index (κ1) is 11.9. The van der Waals surface area contributed by atoms with Crippen LogP contribution in [0.1, 0.15) is 17.6 Å². The third-order valence-electron chi connectivity index (χ3n) is 1.69. The average Bonchev–Trinajstić information content (AvgIpc) is 2.16. The number of nitro groups is 1. The van der Waals surface area contributed by atoms with Crippen molar-refractivity contribution < 1.29 is 13.7 Å². The topological polar surface area (TPSA) is 82.0 Å². The number of aromatic nitrogens is 1. The molecule has 0 radical (unpaired) electrons. The van der Waals surface area contributed by atoms with Crippen LogP contribution in [0, 0.1) is 10.1 Å². The van der Waals surface area contributed by atoms with Crippen molar-refractivity contribution in [2.45, 2.75) is 13.0 Å². The van der Waals surface area contributed by atoms with Gasteiger partial charge in [0.05, 0.1) is 11.1 Å². The van der Waals surface area contributed by atoms with Crippen LogP contribution >= 0.6 is 15.9 Å². The van der Waals surface area contributed by atoms with Crippen molar-refractivity contribution in [1.82, 2.24) is 4.98 Å². The van der Waals surface area contributed by atoms with Gasteiger partial charge in [-0.15, -0.1) is 0 Å². The molecule has 0 aromatic carbocycles. The van der Waals surface area contributed by atoms with Crippen LogP contribution in [0.3, 0.4) is 0 Å². The number of rotatable bonds is 3. The maximum absolute atomic E-state index is 12.4. The minimum atomic E-state index is -2.75. The second-order valence-electron chi connectivity index (χ2n) is 2.61. The summed E-state index contributed by atoms with van der Waals surface area (Å²) in [6.07, 6.45) is -2.75. The Hall–Kier alpha value is -1.15. The number of hydrogen-bond acceptors (Lipinski definition) is 4. The molecule has 0 amide bonds. The Morgan fingerprint density at radius 1 is 1.67 bits per heavy atom. The zero-order valence-corrected chi connectivity index (χ0v) is 8.87. The van der Waals surface area contributed by atoms with Gasteiger partial charge in [0.2, 0.25) is 4.60 Å². The zero-order valence-electron chi connectivity index (χ0n) is 7.28. The van der Waals surface area contributed by atoms with Gasteiger partial charge in [-0.1, -0.05) is 0 Å². The van der Waals surface area contributed by atoms with Gasteiger partial charge in [0.15, 0.2) is 0 Å². The summed E-state index contributed by atoms with van der Waals surface area (Å²) in [4.78, 5) is 13.2. The van der Waals surface area contributed by atoms with Crippen LogP contribution in [0.25, 0.3) is 0 Å². The quantitative estimate of drug-likeness (QED) is 0.523. The van der Waals surface area contributed by atoms with Gasteiger partial charge in [-0.3, -0.25) is 0 Å². The second-order valence-corrected chi connectivity index (χ2v) is 3.36. The maximum Gasteiger partial charge on any atom is 0.369 e. The van der Waals surface area contributed by atoms with Gasteiger partial charge in [0.25, 0.3) is 6.43 Å². The third-order valence-corrected chi connectivity index (χ3v) is 2.32. The van der Waals surface area contributed by atoms with E-state index in [0.29, 0.717) is 0 Å². The van der Waals surface area contributed by atoms with Crippen molar-refractivity contribution in [3.8, 4) is 0 Å². The van der Waals surface area contributed by atoms with Gasteiger partial charge in [-0.2, -0.15) is 0 Å². The highest BCUT2D eigenvalue weighted by Gasteiger charge is 2.23. The zero-order chi connectivity index (χ0) is 11.6.